The van der Waals surface area contributed by atoms with E-state index in [0.717, 1.165) is 28.2 Å². The molecular formula is C71H49N. The molecule has 12 aromatic carbocycles. The van der Waals surface area contributed by atoms with Crippen molar-refractivity contribution in [2.75, 3.05) is 4.90 Å². The molecule has 0 heterocycles. The number of benzene rings is 12. The molecule has 0 saturated carbocycles. The van der Waals surface area contributed by atoms with Gasteiger partial charge in [0.15, 0.2) is 0 Å². The number of para-hydroxylation sites is 1. The van der Waals surface area contributed by atoms with E-state index in [0.29, 0.717) is 0 Å². The molecule has 0 unspecified atom stereocenters. The van der Waals surface area contributed by atoms with Gasteiger partial charge in [-0.3, -0.25) is 0 Å². The molecule has 72 heavy (non-hydrogen) atoms. The summed E-state index contributed by atoms with van der Waals surface area (Å²) in [4.78, 5) is 2.42. The van der Waals surface area contributed by atoms with Crippen LogP contribution < -0.4 is 4.90 Å². The van der Waals surface area contributed by atoms with Crippen LogP contribution in [0.25, 0.3) is 77.5 Å². The summed E-state index contributed by atoms with van der Waals surface area (Å²) in [7, 11) is 0. The normalized spacial score (nSPS) is 12.3. The van der Waals surface area contributed by atoms with E-state index >= 15 is 0 Å². The zero-order chi connectivity index (χ0) is 47.8. The number of anilines is 3. The average molecular weight is 916 g/mol. The van der Waals surface area contributed by atoms with E-state index in [9.17, 15) is 0 Å². The Morgan fingerprint density at radius 1 is 0.222 bits per heavy atom. The molecule has 1 nitrogen and oxygen atoms in total. The highest BCUT2D eigenvalue weighted by Gasteiger charge is 2.46. The Hall–Kier alpha value is -9.30. The summed E-state index contributed by atoms with van der Waals surface area (Å²) >= 11 is 0. The molecule has 1 aliphatic carbocycles. The van der Waals surface area contributed by atoms with Crippen molar-refractivity contribution in [3.63, 3.8) is 0 Å². The number of rotatable bonds is 10. The molecule has 1 heteroatoms. The fraction of sp³-hybridized carbons (Fsp3) is 0.0141. The first-order valence-corrected chi connectivity index (χ1v) is 24.9. The molecule has 0 saturated heterocycles. The van der Waals surface area contributed by atoms with Crippen LogP contribution in [0.4, 0.5) is 17.1 Å². The van der Waals surface area contributed by atoms with E-state index in [1.54, 1.807) is 0 Å². The van der Waals surface area contributed by atoms with Gasteiger partial charge in [0.05, 0.1) is 11.1 Å². The lowest BCUT2D eigenvalue weighted by Gasteiger charge is -2.34. The Bertz CT molecular complexity index is 3850. The van der Waals surface area contributed by atoms with E-state index in [1.807, 2.05) is 0 Å². The van der Waals surface area contributed by atoms with Gasteiger partial charge >= 0.3 is 0 Å². The number of nitrogens with zero attached hydrogens (tertiary/aromatic N) is 1. The molecule has 0 N–H and O–H groups in total. The predicted octanol–water partition coefficient (Wildman–Crippen LogP) is 19.0. The lowest BCUT2D eigenvalue weighted by atomic mass is 9.67. The first-order chi connectivity index (χ1) is 35.7. The zero-order valence-electron chi connectivity index (χ0n) is 39.7. The van der Waals surface area contributed by atoms with E-state index < -0.39 is 5.41 Å². The molecule has 0 spiro atoms. The third-order valence-electron chi connectivity index (χ3n) is 14.8. The number of hydrogen-bond donors (Lipinski definition) is 0. The van der Waals surface area contributed by atoms with E-state index in [1.165, 1.54) is 88.7 Å². The molecule has 13 rings (SSSR count). The minimum atomic E-state index is -0.467. The highest BCUT2D eigenvalue weighted by Crippen LogP contribution is 2.57. The molecule has 338 valence electrons. The number of fused-ring (bicyclic) bond motifs is 4. The van der Waals surface area contributed by atoms with E-state index in [2.05, 4.69) is 302 Å². The highest BCUT2D eigenvalue weighted by atomic mass is 15.1. The fourth-order valence-corrected chi connectivity index (χ4v) is 11.4. The predicted molar refractivity (Wildman–Crippen MR) is 303 cm³/mol. The zero-order valence-corrected chi connectivity index (χ0v) is 39.7. The van der Waals surface area contributed by atoms with Gasteiger partial charge < -0.3 is 4.90 Å². The Morgan fingerprint density at radius 3 is 1.33 bits per heavy atom. The quantitative estimate of drug-likeness (QED) is 0.132. The summed E-state index contributed by atoms with van der Waals surface area (Å²) in [6, 6.07) is 109. The molecular weight excluding hydrogens is 867 g/mol. The second-order valence-electron chi connectivity index (χ2n) is 18.8. The van der Waals surface area contributed by atoms with Gasteiger partial charge in [-0.25, -0.2) is 0 Å². The summed E-state index contributed by atoms with van der Waals surface area (Å²) < 4.78 is 0. The van der Waals surface area contributed by atoms with Crippen molar-refractivity contribution in [1.82, 2.24) is 0 Å². The van der Waals surface area contributed by atoms with Gasteiger partial charge in [-0.15, -0.1) is 0 Å². The molecule has 0 aliphatic heterocycles. The largest absolute Gasteiger partial charge is 0.310 e. The molecule has 1 aliphatic rings. The molecule has 0 radical (unpaired) electrons. The van der Waals surface area contributed by atoms with Crippen LogP contribution >= 0.6 is 0 Å². The van der Waals surface area contributed by atoms with Crippen LogP contribution in [0.1, 0.15) is 22.3 Å². The van der Waals surface area contributed by atoms with Crippen molar-refractivity contribution in [3.8, 4) is 66.8 Å². The van der Waals surface area contributed by atoms with Gasteiger partial charge in [0.2, 0.25) is 0 Å². The van der Waals surface area contributed by atoms with Crippen molar-refractivity contribution in [1.29, 1.82) is 0 Å². The van der Waals surface area contributed by atoms with Crippen LogP contribution in [0.5, 0.6) is 0 Å². The van der Waals surface area contributed by atoms with Crippen LogP contribution in [0.15, 0.2) is 297 Å². The minimum absolute atomic E-state index is 0.467. The molecule has 0 amide bonds. The molecule has 0 fully saturated rings. The first-order valence-electron chi connectivity index (χ1n) is 24.9. The number of hydrogen-bond acceptors (Lipinski definition) is 1. The maximum atomic E-state index is 2.45. The smallest absolute Gasteiger partial charge is 0.0713 e. The van der Waals surface area contributed by atoms with Gasteiger partial charge in [-0.2, -0.15) is 0 Å². The maximum Gasteiger partial charge on any atom is 0.0713 e. The van der Waals surface area contributed by atoms with Crippen molar-refractivity contribution in [2.24, 2.45) is 0 Å². The molecule has 0 aromatic heterocycles. The average Bonchev–Trinajstić information content (AvgIpc) is 3.77. The van der Waals surface area contributed by atoms with Gasteiger partial charge in [0, 0.05) is 16.9 Å². The van der Waals surface area contributed by atoms with Crippen molar-refractivity contribution in [2.45, 2.75) is 5.41 Å². The van der Waals surface area contributed by atoms with Gasteiger partial charge in [0.1, 0.15) is 0 Å². The third kappa shape index (κ3) is 7.42. The summed E-state index contributed by atoms with van der Waals surface area (Å²) in [5, 5.41) is 2.50. The summed E-state index contributed by atoms with van der Waals surface area (Å²) in [5.74, 6) is 0. The van der Waals surface area contributed by atoms with Gasteiger partial charge in [-0.05, 0) is 143 Å². The van der Waals surface area contributed by atoms with E-state index in [-0.39, 0.29) is 0 Å². The van der Waals surface area contributed by atoms with Crippen molar-refractivity contribution in [3.05, 3.63) is 320 Å². The van der Waals surface area contributed by atoms with Gasteiger partial charge in [0.25, 0.3) is 0 Å². The van der Waals surface area contributed by atoms with E-state index in [4.69, 9.17) is 0 Å². The van der Waals surface area contributed by atoms with Crippen LogP contribution in [0.2, 0.25) is 0 Å². The fourth-order valence-electron chi connectivity index (χ4n) is 11.4. The molecule has 0 bridgehead atoms. The van der Waals surface area contributed by atoms with Crippen LogP contribution in [0.3, 0.4) is 0 Å². The molecule has 12 aromatic rings. The maximum absolute atomic E-state index is 2.45. The third-order valence-corrected chi connectivity index (χ3v) is 14.8. The standard InChI is InChI=1S/C71H49N/c1-4-20-53(21-5-1)63-29-12-13-30-64(63)67-32-15-17-34-70(67)72(61-42-37-51(38-43-61)55-23-18-24-56(47-55)57-36-35-50-19-10-11-22-54(50)48-57)62-44-39-52(40-45-62)58-41-46-66-65-31-14-16-33-68(65)71(69(66)49-58,59-25-6-2-7-26-59)60-27-8-3-9-28-60/h1-49H. The monoisotopic (exact) mass is 915 g/mol. The lowest BCUT2D eigenvalue weighted by Crippen LogP contribution is -2.28. The van der Waals surface area contributed by atoms with Crippen LogP contribution in [-0.4, -0.2) is 0 Å². The first kappa shape index (κ1) is 42.8. The van der Waals surface area contributed by atoms with Gasteiger partial charge in [-0.1, -0.05) is 249 Å². The Morgan fingerprint density at radius 2 is 0.667 bits per heavy atom. The second kappa shape index (κ2) is 18.2. The topological polar surface area (TPSA) is 3.24 Å². The Kier molecular flexibility index (Phi) is 10.8. The van der Waals surface area contributed by atoms with Crippen LogP contribution in [0, 0.1) is 0 Å². The Labute approximate surface area is 422 Å². The SMILES string of the molecule is c1ccc(-c2ccccc2-c2ccccc2N(c2ccc(-c3cccc(-c4ccc5ccccc5c4)c3)cc2)c2ccc(-c3ccc4c(c3)C(c3ccccc3)(c3ccccc3)c3ccccc3-4)cc2)cc1. The molecule has 0 atom stereocenters. The lowest BCUT2D eigenvalue weighted by molar-refractivity contribution is 0.769. The summed E-state index contributed by atoms with van der Waals surface area (Å²) in [6.07, 6.45) is 0. The highest BCUT2D eigenvalue weighted by molar-refractivity contribution is 5.95. The van der Waals surface area contributed by atoms with Crippen molar-refractivity contribution < 1.29 is 0 Å². The minimum Gasteiger partial charge on any atom is -0.310 e. The van der Waals surface area contributed by atoms with Crippen molar-refractivity contribution >= 4 is 27.8 Å². The summed E-state index contributed by atoms with van der Waals surface area (Å²) in [6.45, 7) is 0. The van der Waals surface area contributed by atoms with Crippen LogP contribution in [-0.2, 0) is 5.41 Å². The second-order valence-corrected chi connectivity index (χ2v) is 18.8. The summed E-state index contributed by atoms with van der Waals surface area (Å²) in [5.41, 5.74) is 22.3. The Balaban J connectivity index is 0.923.